The third kappa shape index (κ3) is 2.43. The van der Waals surface area contributed by atoms with Crippen molar-refractivity contribution in [2.45, 2.75) is 0 Å². The Bertz CT molecular complexity index is 993. The molecule has 1 aliphatic rings. The number of hydrogen-bond acceptors (Lipinski definition) is 5. The molecule has 4 rings (SSSR count). The Morgan fingerprint density at radius 1 is 1.00 bits per heavy atom. The lowest BCUT2D eigenvalue weighted by atomic mass is 10.1. The molecule has 0 spiro atoms. The number of ether oxygens (including phenoxy) is 2. The topological polar surface area (TPSA) is 91.8 Å². The summed E-state index contributed by atoms with van der Waals surface area (Å²) in [5.74, 6) is 0.690. The van der Waals surface area contributed by atoms with Gasteiger partial charge in [0.25, 0.3) is 5.56 Å². The van der Waals surface area contributed by atoms with E-state index >= 15 is 0 Å². The Kier molecular flexibility index (Phi) is 3.34. The zero-order chi connectivity index (χ0) is 16.5. The number of nitrogens with one attached hydrogen (secondary N) is 2. The predicted octanol–water partition coefficient (Wildman–Crippen LogP) is 3.65. The molecule has 0 atom stereocenters. The fourth-order valence-electron chi connectivity index (χ4n) is 2.34. The number of nitrogens with zero attached hydrogens (tertiary/aromatic N) is 2. The zero-order valence-electron chi connectivity index (χ0n) is 12.2. The van der Waals surface area contributed by atoms with Crippen LogP contribution in [0.3, 0.4) is 0 Å². The van der Waals surface area contributed by atoms with Gasteiger partial charge in [-0.2, -0.15) is 0 Å². The van der Waals surface area contributed by atoms with Gasteiger partial charge >= 0.3 is 0 Å². The van der Waals surface area contributed by atoms with Crippen LogP contribution in [0.2, 0.25) is 0 Å². The lowest BCUT2D eigenvalue weighted by Gasteiger charge is -2.01. The van der Waals surface area contributed by atoms with Crippen LogP contribution in [0.5, 0.6) is 11.5 Å². The first-order valence-corrected chi connectivity index (χ1v) is 7.09. The van der Waals surface area contributed by atoms with Crippen LogP contribution in [-0.4, -0.2) is 17.0 Å². The smallest absolute Gasteiger partial charge is 0.292 e. The van der Waals surface area contributed by atoms with Crippen molar-refractivity contribution in [1.29, 1.82) is 0 Å². The van der Waals surface area contributed by atoms with Gasteiger partial charge in [0.2, 0.25) is 6.79 Å². The summed E-state index contributed by atoms with van der Waals surface area (Å²) in [6.07, 6.45) is 0. The SMILES string of the molecule is O=c1[nH][nH]c(-c2ccc3c(c2)OCO3)c1N=Nc1ccccc1F. The van der Waals surface area contributed by atoms with E-state index in [4.69, 9.17) is 9.47 Å². The molecule has 3 aromatic rings. The highest BCUT2D eigenvalue weighted by Crippen LogP contribution is 2.37. The van der Waals surface area contributed by atoms with Gasteiger partial charge in [0.1, 0.15) is 5.69 Å². The Morgan fingerprint density at radius 3 is 2.71 bits per heavy atom. The highest BCUT2D eigenvalue weighted by molar-refractivity contribution is 5.73. The van der Waals surface area contributed by atoms with Crippen LogP contribution in [0.1, 0.15) is 0 Å². The molecule has 0 aliphatic carbocycles. The Balaban J connectivity index is 1.74. The molecule has 2 N–H and O–H groups in total. The maximum absolute atomic E-state index is 13.6. The molecule has 0 radical (unpaired) electrons. The van der Waals surface area contributed by atoms with Crippen molar-refractivity contribution in [1.82, 2.24) is 10.2 Å². The van der Waals surface area contributed by atoms with Crippen molar-refractivity contribution >= 4 is 11.4 Å². The summed E-state index contributed by atoms with van der Waals surface area (Å²) in [4.78, 5) is 12.0. The molecule has 0 bridgehead atoms. The lowest BCUT2D eigenvalue weighted by Crippen LogP contribution is -1.96. The number of rotatable bonds is 3. The number of azo groups is 1. The van der Waals surface area contributed by atoms with Crippen molar-refractivity contribution in [3.8, 4) is 22.8 Å². The number of H-pyrrole nitrogens is 2. The average Bonchev–Trinajstić information content (AvgIpc) is 3.20. The minimum Gasteiger partial charge on any atom is -0.454 e. The van der Waals surface area contributed by atoms with Crippen LogP contribution in [0.15, 0.2) is 57.5 Å². The fraction of sp³-hybridized carbons (Fsp3) is 0.0625. The monoisotopic (exact) mass is 326 g/mol. The summed E-state index contributed by atoms with van der Waals surface area (Å²) in [7, 11) is 0. The first-order valence-electron chi connectivity index (χ1n) is 7.09. The van der Waals surface area contributed by atoms with E-state index in [1.807, 2.05) is 0 Å². The minimum absolute atomic E-state index is 0.0507. The van der Waals surface area contributed by atoms with Gasteiger partial charge in [0, 0.05) is 5.56 Å². The molecule has 120 valence electrons. The molecule has 1 aromatic heterocycles. The molecule has 2 aromatic carbocycles. The summed E-state index contributed by atoms with van der Waals surface area (Å²) in [6.45, 7) is 0.155. The van der Waals surface area contributed by atoms with E-state index in [1.165, 1.54) is 12.1 Å². The number of fused-ring (bicyclic) bond motifs is 1. The largest absolute Gasteiger partial charge is 0.454 e. The van der Waals surface area contributed by atoms with Crippen molar-refractivity contribution in [2.24, 2.45) is 10.2 Å². The number of aromatic nitrogens is 2. The number of halogens is 1. The maximum Gasteiger partial charge on any atom is 0.292 e. The van der Waals surface area contributed by atoms with E-state index in [0.717, 1.165) is 0 Å². The maximum atomic E-state index is 13.6. The molecule has 0 amide bonds. The van der Waals surface area contributed by atoms with Gasteiger partial charge in [-0.25, -0.2) is 4.39 Å². The lowest BCUT2D eigenvalue weighted by molar-refractivity contribution is 0.174. The summed E-state index contributed by atoms with van der Waals surface area (Å²) >= 11 is 0. The summed E-state index contributed by atoms with van der Waals surface area (Å²) in [5, 5.41) is 12.9. The van der Waals surface area contributed by atoms with E-state index in [1.54, 1.807) is 30.3 Å². The molecule has 7 nitrogen and oxygen atoms in total. The third-order valence-corrected chi connectivity index (χ3v) is 3.52. The number of benzene rings is 2. The molecule has 0 fully saturated rings. The highest BCUT2D eigenvalue weighted by atomic mass is 19.1. The molecule has 0 saturated carbocycles. The van der Waals surface area contributed by atoms with E-state index in [9.17, 15) is 9.18 Å². The molecular formula is C16H11FN4O3. The van der Waals surface area contributed by atoms with E-state index in [0.29, 0.717) is 22.8 Å². The van der Waals surface area contributed by atoms with Gasteiger partial charge < -0.3 is 9.47 Å². The quantitative estimate of drug-likeness (QED) is 0.720. The van der Waals surface area contributed by atoms with Gasteiger partial charge in [-0.05, 0) is 30.3 Å². The Morgan fingerprint density at radius 2 is 1.83 bits per heavy atom. The van der Waals surface area contributed by atoms with E-state index in [2.05, 4.69) is 20.4 Å². The molecule has 0 unspecified atom stereocenters. The van der Waals surface area contributed by atoms with Crippen LogP contribution in [0.4, 0.5) is 15.8 Å². The van der Waals surface area contributed by atoms with E-state index in [-0.39, 0.29) is 18.2 Å². The number of hydrogen-bond donors (Lipinski definition) is 2. The predicted molar refractivity (Wildman–Crippen MR) is 83.5 cm³/mol. The first kappa shape index (κ1) is 14.2. The van der Waals surface area contributed by atoms with Crippen LogP contribution in [0, 0.1) is 5.82 Å². The van der Waals surface area contributed by atoms with E-state index < -0.39 is 11.4 Å². The van der Waals surface area contributed by atoms with Gasteiger partial charge in [-0.1, -0.05) is 12.1 Å². The molecule has 24 heavy (non-hydrogen) atoms. The van der Waals surface area contributed by atoms with Gasteiger partial charge in [-0.15, -0.1) is 10.2 Å². The third-order valence-electron chi connectivity index (χ3n) is 3.52. The second-order valence-electron chi connectivity index (χ2n) is 5.02. The number of aromatic amines is 2. The zero-order valence-corrected chi connectivity index (χ0v) is 12.2. The summed E-state index contributed by atoms with van der Waals surface area (Å²) in [6, 6.07) is 11.2. The summed E-state index contributed by atoms with van der Waals surface area (Å²) in [5.41, 5.74) is 0.744. The Labute approximate surface area is 134 Å². The second-order valence-corrected chi connectivity index (χ2v) is 5.02. The molecule has 1 aliphatic heterocycles. The van der Waals surface area contributed by atoms with Crippen molar-refractivity contribution in [3.63, 3.8) is 0 Å². The first-order chi connectivity index (χ1) is 11.7. The highest BCUT2D eigenvalue weighted by Gasteiger charge is 2.17. The van der Waals surface area contributed by atoms with Gasteiger partial charge in [0.05, 0.1) is 5.69 Å². The van der Waals surface area contributed by atoms with Gasteiger partial charge in [0.15, 0.2) is 23.0 Å². The molecule has 2 heterocycles. The normalized spacial score (nSPS) is 12.9. The van der Waals surface area contributed by atoms with Gasteiger partial charge in [-0.3, -0.25) is 15.0 Å². The van der Waals surface area contributed by atoms with Crippen LogP contribution < -0.4 is 15.0 Å². The minimum atomic E-state index is -0.516. The standard InChI is InChI=1S/C16H11FN4O3/c17-10-3-1-2-4-11(10)18-20-15-14(19-21-16(15)22)9-5-6-12-13(7-9)24-8-23-12/h1-7H,8H2,(H2,19,21,22). The van der Waals surface area contributed by atoms with Crippen molar-refractivity contribution in [2.75, 3.05) is 6.79 Å². The summed E-state index contributed by atoms with van der Waals surface area (Å²) < 4.78 is 24.2. The molecule has 8 heteroatoms. The van der Waals surface area contributed by atoms with Crippen molar-refractivity contribution in [3.05, 3.63) is 58.6 Å². The second kappa shape index (κ2) is 5.65. The van der Waals surface area contributed by atoms with Crippen LogP contribution in [0.25, 0.3) is 11.3 Å². The molecule has 0 saturated heterocycles. The fourth-order valence-corrected chi connectivity index (χ4v) is 2.34. The average molecular weight is 326 g/mol. The van der Waals surface area contributed by atoms with Crippen molar-refractivity contribution < 1.29 is 13.9 Å². The van der Waals surface area contributed by atoms with Crippen LogP contribution >= 0.6 is 0 Å². The van der Waals surface area contributed by atoms with Crippen LogP contribution in [-0.2, 0) is 0 Å². The molecular weight excluding hydrogens is 315 g/mol. The Hall–Kier alpha value is -3.42.